The zero-order valence-corrected chi connectivity index (χ0v) is 11.8. The second-order valence-corrected chi connectivity index (χ2v) is 6.05. The summed E-state index contributed by atoms with van der Waals surface area (Å²) in [4.78, 5) is 9.99. The third-order valence-electron chi connectivity index (χ3n) is 2.78. The van der Waals surface area contributed by atoms with Gasteiger partial charge in [0.15, 0.2) is 0 Å². The summed E-state index contributed by atoms with van der Waals surface area (Å²) in [6, 6.07) is 2.04. The van der Waals surface area contributed by atoms with Crippen molar-refractivity contribution in [1.29, 1.82) is 0 Å². The number of nitrogens with zero attached hydrogens (tertiary/aromatic N) is 1. The summed E-state index contributed by atoms with van der Waals surface area (Å²) >= 11 is 0. The lowest BCUT2D eigenvalue weighted by molar-refractivity contribution is -0.384. The summed E-state index contributed by atoms with van der Waals surface area (Å²) in [5.74, 6) is 0. The molecule has 8 heteroatoms. The van der Waals surface area contributed by atoms with Gasteiger partial charge in [-0.25, -0.2) is 13.1 Å². The van der Waals surface area contributed by atoms with Gasteiger partial charge >= 0.3 is 0 Å². The molecule has 0 radical (unpaired) electrons. The monoisotopic (exact) mass is 287 g/mol. The van der Waals surface area contributed by atoms with E-state index < -0.39 is 20.6 Å². The maximum Gasteiger partial charge on any atom is 0.293 e. The third-order valence-corrected chi connectivity index (χ3v) is 4.51. The van der Waals surface area contributed by atoms with Crippen molar-refractivity contribution < 1.29 is 13.3 Å². The Balaban J connectivity index is 3.34. The third kappa shape index (κ3) is 3.42. The van der Waals surface area contributed by atoms with Gasteiger partial charge < -0.3 is 5.73 Å². The molecule has 0 spiro atoms. The molecular weight excluding hydrogens is 270 g/mol. The molecule has 1 rings (SSSR count). The van der Waals surface area contributed by atoms with Crippen molar-refractivity contribution >= 4 is 21.4 Å². The summed E-state index contributed by atoms with van der Waals surface area (Å²) in [6.07, 6.45) is 0.620. The number of nitrogens with two attached hydrogens (primary N) is 1. The fourth-order valence-corrected chi connectivity index (χ4v) is 3.13. The summed E-state index contributed by atoms with van der Waals surface area (Å²) in [5, 5.41) is 10.8. The number of rotatable bonds is 5. The highest BCUT2D eigenvalue weighted by molar-refractivity contribution is 7.89. The Bertz CT molecular complexity index is 598. The lowest BCUT2D eigenvalue weighted by Crippen LogP contribution is -2.32. The van der Waals surface area contributed by atoms with E-state index in [1.807, 2.05) is 6.92 Å². The topological polar surface area (TPSA) is 115 Å². The Morgan fingerprint density at radius 1 is 1.47 bits per heavy atom. The SMILES string of the molecule is CCC(C)NS(=O)(=O)c1cc([N+](=O)[O-])c(N)cc1C. The number of sulfonamides is 1. The first kappa shape index (κ1) is 15.4. The Morgan fingerprint density at radius 3 is 2.53 bits per heavy atom. The van der Waals surface area contributed by atoms with E-state index in [1.165, 1.54) is 6.07 Å². The van der Waals surface area contributed by atoms with Crippen molar-refractivity contribution in [3.05, 3.63) is 27.8 Å². The van der Waals surface area contributed by atoms with E-state index in [2.05, 4.69) is 4.72 Å². The van der Waals surface area contributed by atoms with Gasteiger partial charge in [0.1, 0.15) is 5.69 Å². The zero-order valence-electron chi connectivity index (χ0n) is 11.0. The van der Waals surface area contributed by atoms with Crippen molar-refractivity contribution in [2.24, 2.45) is 0 Å². The van der Waals surface area contributed by atoms with Crippen LogP contribution in [0.4, 0.5) is 11.4 Å². The van der Waals surface area contributed by atoms with Gasteiger partial charge in [-0.15, -0.1) is 0 Å². The maximum absolute atomic E-state index is 12.1. The largest absolute Gasteiger partial charge is 0.393 e. The molecule has 7 nitrogen and oxygen atoms in total. The molecule has 0 aliphatic heterocycles. The number of nitrogens with one attached hydrogen (secondary N) is 1. The van der Waals surface area contributed by atoms with E-state index >= 15 is 0 Å². The summed E-state index contributed by atoms with van der Waals surface area (Å²) < 4.78 is 26.7. The predicted molar refractivity (Wildman–Crippen MR) is 72.3 cm³/mol. The molecule has 1 unspecified atom stereocenters. The van der Waals surface area contributed by atoms with Crippen LogP contribution in [-0.4, -0.2) is 19.4 Å². The van der Waals surface area contributed by atoms with Crippen LogP contribution in [0.2, 0.25) is 0 Å². The molecule has 0 heterocycles. The van der Waals surface area contributed by atoms with Gasteiger partial charge in [0.25, 0.3) is 5.69 Å². The van der Waals surface area contributed by atoms with Crippen LogP contribution in [0.25, 0.3) is 0 Å². The molecule has 1 atom stereocenters. The van der Waals surface area contributed by atoms with Crippen LogP contribution in [-0.2, 0) is 10.0 Å². The second-order valence-electron chi connectivity index (χ2n) is 4.36. The van der Waals surface area contributed by atoms with Crippen molar-refractivity contribution in [1.82, 2.24) is 4.72 Å². The zero-order chi connectivity index (χ0) is 14.8. The van der Waals surface area contributed by atoms with Crippen LogP contribution >= 0.6 is 0 Å². The molecular formula is C11H17N3O4S. The van der Waals surface area contributed by atoms with Crippen LogP contribution in [0.15, 0.2) is 17.0 Å². The van der Waals surface area contributed by atoms with Crippen LogP contribution in [0, 0.1) is 17.0 Å². The van der Waals surface area contributed by atoms with E-state index in [9.17, 15) is 18.5 Å². The van der Waals surface area contributed by atoms with Crippen LogP contribution < -0.4 is 10.5 Å². The predicted octanol–water partition coefficient (Wildman–Crippen LogP) is 1.56. The number of nitro benzene ring substituents is 1. The van der Waals surface area contributed by atoms with E-state index in [0.717, 1.165) is 6.07 Å². The lowest BCUT2D eigenvalue weighted by atomic mass is 10.2. The summed E-state index contributed by atoms with van der Waals surface area (Å²) in [6.45, 7) is 5.11. The summed E-state index contributed by atoms with van der Waals surface area (Å²) in [5.41, 5.74) is 5.42. The molecule has 0 bridgehead atoms. The Hall–Kier alpha value is -1.67. The average molecular weight is 287 g/mol. The molecule has 0 saturated carbocycles. The first-order valence-corrected chi connectivity index (χ1v) is 7.24. The van der Waals surface area contributed by atoms with Gasteiger partial charge in [0, 0.05) is 12.1 Å². The first-order valence-electron chi connectivity index (χ1n) is 5.76. The molecule has 106 valence electrons. The van der Waals surface area contributed by atoms with E-state index in [1.54, 1.807) is 13.8 Å². The molecule has 0 aliphatic carbocycles. The Labute approximate surface area is 112 Å². The highest BCUT2D eigenvalue weighted by Crippen LogP contribution is 2.28. The van der Waals surface area contributed by atoms with Gasteiger partial charge in [0.2, 0.25) is 10.0 Å². The molecule has 0 saturated heterocycles. The van der Waals surface area contributed by atoms with Crippen LogP contribution in [0.5, 0.6) is 0 Å². The number of nitro groups is 1. The maximum atomic E-state index is 12.1. The highest BCUT2D eigenvalue weighted by atomic mass is 32.2. The minimum atomic E-state index is -3.79. The standard InChI is InChI=1S/C11H17N3O4S/c1-4-8(3)13-19(17,18)11-6-10(14(15)16)9(12)5-7(11)2/h5-6,8,13H,4,12H2,1-3H3. The molecule has 0 aliphatic rings. The molecule has 0 aromatic heterocycles. The fourth-order valence-electron chi connectivity index (χ4n) is 1.56. The van der Waals surface area contributed by atoms with Gasteiger partial charge in [-0.2, -0.15) is 0 Å². The second kappa shape index (κ2) is 5.54. The number of hydrogen-bond donors (Lipinski definition) is 2. The minimum Gasteiger partial charge on any atom is -0.393 e. The number of aryl methyl sites for hydroxylation is 1. The smallest absolute Gasteiger partial charge is 0.293 e. The van der Waals surface area contributed by atoms with E-state index in [0.29, 0.717) is 12.0 Å². The van der Waals surface area contributed by atoms with Gasteiger partial charge in [-0.1, -0.05) is 6.92 Å². The van der Waals surface area contributed by atoms with Crippen molar-refractivity contribution in [2.75, 3.05) is 5.73 Å². The van der Waals surface area contributed by atoms with E-state index in [4.69, 9.17) is 5.73 Å². The average Bonchev–Trinajstić information content (AvgIpc) is 2.27. The van der Waals surface area contributed by atoms with Gasteiger partial charge in [-0.3, -0.25) is 10.1 Å². The van der Waals surface area contributed by atoms with Crippen molar-refractivity contribution in [3.8, 4) is 0 Å². The molecule has 19 heavy (non-hydrogen) atoms. The lowest BCUT2D eigenvalue weighted by Gasteiger charge is -2.14. The van der Waals surface area contributed by atoms with Crippen LogP contribution in [0.3, 0.4) is 0 Å². The Kier molecular flexibility index (Phi) is 4.48. The molecule has 3 N–H and O–H groups in total. The van der Waals surface area contributed by atoms with Crippen molar-refractivity contribution in [3.63, 3.8) is 0 Å². The number of nitrogen functional groups attached to an aromatic ring is 1. The first-order chi connectivity index (χ1) is 8.69. The van der Waals surface area contributed by atoms with Crippen molar-refractivity contribution in [2.45, 2.75) is 38.1 Å². The number of benzene rings is 1. The van der Waals surface area contributed by atoms with Gasteiger partial charge in [-0.05, 0) is 31.9 Å². The molecule has 0 amide bonds. The number of anilines is 1. The molecule has 0 fully saturated rings. The van der Waals surface area contributed by atoms with Crippen LogP contribution in [0.1, 0.15) is 25.8 Å². The van der Waals surface area contributed by atoms with Gasteiger partial charge in [0.05, 0.1) is 9.82 Å². The Morgan fingerprint density at radius 2 is 2.05 bits per heavy atom. The molecule has 1 aromatic carbocycles. The quantitative estimate of drug-likeness (QED) is 0.484. The summed E-state index contributed by atoms with van der Waals surface area (Å²) in [7, 11) is -3.79. The molecule has 1 aromatic rings. The normalized spacial score (nSPS) is 13.2. The van der Waals surface area contributed by atoms with E-state index in [-0.39, 0.29) is 16.6 Å². The highest BCUT2D eigenvalue weighted by Gasteiger charge is 2.24. The fraction of sp³-hybridized carbons (Fsp3) is 0.455. The minimum absolute atomic E-state index is 0.0509. The number of hydrogen-bond acceptors (Lipinski definition) is 5.